The fourth-order valence-corrected chi connectivity index (χ4v) is 3.48. The fourth-order valence-electron chi connectivity index (χ4n) is 3.22. The Morgan fingerprint density at radius 1 is 1.23 bits per heavy atom. The number of aliphatic hydroxyl groups is 1. The molecule has 0 aliphatic carbocycles. The summed E-state index contributed by atoms with van der Waals surface area (Å²) < 4.78 is 1.91. The molecule has 0 unspecified atom stereocenters. The number of carboxylic acids is 1. The number of hydrogen-bond donors (Lipinski definition) is 3. The molecule has 0 saturated carbocycles. The van der Waals surface area contributed by atoms with Crippen molar-refractivity contribution in [1.82, 2.24) is 14.9 Å². The van der Waals surface area contributed by atoms with Gasteiger partial charge in [0.1, 0.15) is 11.9 Å². The first-order valence-corrected chi connectivity index (χ1v) is 10.7. The van der Waals surface area contributed by atoms with Gasteiger partial charge in [-0.25, -0.2) is 9.78 Å². The molecule has 164 valence electrons. The molecule has 2 atom stereocenters. The molecule has 2 aromatic rings. The van der Waals surface area contributed by atoms with Crippen molar-refractivity contribution in [3.05, 3.63) is 52.1 Å². The Balaban J connectivity index is 2.16. The molecule has 8 heteroatoms. The minimum Gasteiger partial charge on any atom is -0.480 e. The van der Waals surface area contributed by atoms with Gasteiger partial charge in [-0.05, 0) is 30.0 Å². The SMILES string of the molecule is CCCCc1nc(Cl)c(CO)n1Cc1ccc(C(=O)N[C@H](C(=O)O)[C@@H](C)CC)cc1. The molecule has 7 nitrogen and oxygen atoms in total. The average molecular weight is 436 g/mol. The number of aryl methyl sites for hydroxylation is 1. The summed E-state index contributed by atoms with van der Waals surface area (Å²) in [6.45, 7) is 6.06. The first kappa shape index (κ1) is 23.9. The van der Waals surface area contributed by atoms with Crippen molar-refractivity contribution in [2.75, 3.05) is 0 Å². The van der Waals surface area contributed by atoms with Crippen LogP contribution < -0.4 is 5.32 Å². The molecule has 30 heavy (non-hydrogen) atoms. The Morgan fingerprint density at radius 2 is 1.90 bits per heavy atom. The van der Waals surface area contributed by atoms with Gasteiger partial charge in [0.15, 0.2) is 5.15 Å². The average Bonchev–Trinajstić information content (AvgIpc) is 3.03. The van der Waals surface area contributed by atoms with Gasteiger partial charge in [0.25, 0.3) is 5.91 Å². The number of carbonyl (C=O) groups excluding carboxylic acids is 1. The summed E-state index contributed by atoms with van der Waals surface area (Å²) in [5.41, 5.74) is 1.89. The van der Waals surface area contributed by atoms with Crippen LogP contribution >= 0.6 is 11.6 Å². The van der Waals surface area contributed by atoms with E-state index >= 15 is 0 Å². The van der Waals surface area contributed by atoms with Crippen molar-refractivity contribution in [3.63, 3.8) is 0 Å². The number of halogens is 1. The first-order chi connectivity index (χ1) is 14.3. The molecule has 0 saturated heterocycles. The van der Waals surface area contributed by atoms with Gasteiger partial charge in [-0.3, -0.25) is 4.79 Å². The molecule has 0 fully saturated rings. The number of benzene rings is 1. The number of nitrogens with one attached hydrogen (secondary N) is 1. The molecule has 0 bridgehead atoms. The lowest BCUT2D eigenvalue weighted by Gasteiger charge is -2.20. The number of amides is 1. The molecule has 1 heterocycles. The summed E-state index contributed by atoms with van der Waals surface area (Å²) in [7, 11) is 0. The van der Waals surface area contributed by atoms with Crippen LogP contribution in [-0.4, -0.2) is 37.7 Å². The Kier molecular flexibility index (Phi) is 8.87. The lowest BCUT2D eigenvalue weighted by Crippen LogP contribution is -2.45. The fraction of sp³-hybridized carbons (Fsp3) is 0.500. The summed E-state index contributed by atoms with van der Waals surface area (Å²) in [5.74, 6) is -0.803. The monoisotopic (exact) mass is 435 g/mol. The van der Waals surface area contributed by atoms with Crippen LogP contribution in [0.3, 0.4) is 0 Å². The third-order valence-electron chi connectivity index (χ3n) is 5.33. The highest BCUT2D eigenvalue weighted by Gasteiger charge is 2.25. The normalized spacial score (nSPS) is 13.1. The Labute approximate surface area is 182 Å². The number of aromatic nitrogens is 2. The smallest absolute Gasteiger partial charge is 0.326 e. The number of rotatable bonds is 11. The highest BCUT2D eigenvalue weighted by molar-refractivity contribution is 6.30. The minimum atomic E-state index is -1.04. The zero-order chi connectivity index (χ0) is 22.3. The predicted molar refractivity (Wildman–Crippen MR) is 116 cm³/mol. The third kappa shape index (κ3) is 5.83. The summed E-state index contributed by atoms with van der Waals surface area (Å²) in [6, 6.07) is 6.04. The van der Waals surface area contributed by atoms with Gasteiger partial charge in [-0.15, -0.1) is 0 Å². The second kappa shape index (κ2) is 11.1. The van der Waals surface area contributed by atoms with Gasteiger partial charge < -0.3 is 20.1 Å². The minimum absolute atomic E-state index is 0.171. The summed E-state index contributed by atoms with van der Waals surface area (Å²) >= 11 is 6.18. The number of carboxylic acid groups (broad SMARTS) is 1. The van der Waals surface area contributed by atoms with Crippen molar-refractivity contribution in [3.8, 4) is 0 Å². The van der Waals surface area contributed by atoms with Crippen molar-refractivity contribution in [2.24, 2.45) is 5.92 Å². The molecule has 1 aromatic carbocycles. The van der Waals surface area contributed by atoms with Gasteiger partial charge in [0.2, 0.25) is 0 Å². The Morgan fingerprint density at radius 3 is 2.43 bits per heavy atom. The molecule has 0 radical (unpaired) electrons. The predicted octanol–water partition coefficient (Wildman–Crippen LogP) is 3.65. The van der Waals surface area contributed by atoms with Crippen LogP contribution in [0.5, 0.6) is 0 Å². The van der Waals surface area contributed by atoms with Gasteiger partial charge >= 0.3 is 5.97 Å². The summed E-state index contributed by atoms with van der Waals surface area (Å²) in [5, 5.41) is 22.0. The van der Waals surface area contributed by atoms with Crippen LogP contribution in [-0.2, 0) is 24.4 Å². The molecular formula is C22H30ClN3O4. The number of aliphatic hydroxyl groups excluding tert-OH is 1. The van der Waals surface area contributed by atoms with E-state index in [9.17, 15) is 19.8 Å². The van der Waals surface area contributed by atoms with E-state index in [1.807, 2.05) is 23.6 Å². The zero-order valence-electron chi connectivity index (χ0n) is 17.7. The van der Waals surface area contributed by atoms with Gasteiger partial charge in [0.05, 0.1) is 12.3 Å². The van der Waals surface area contributed by atoms with E-state index in [2.05, 4.69) is 17.2 Å². The molecule has 0 aliphatic rings. The van der Waals surface area contributed by atoms with E-state index in [1.54, 1.807) is 19.1 Å². The van der Waals surface area contributed by atoms with Crippen LogP contribution in [0, 0.1) is 5.92 Å². The van der Waals surface area contributed by atoms with Gasteiger partial charge in [-0.1, -0.05) is 57.3 Å². The third-order valence-corrected chi connectivity index (χ3v) is 5.63. The van der Waals surface area contributed by atoms with Crippen LogP contribution in [0.25, 0.3) is 0 Å². The molecular weight excluding hydrogens is 406 g/mol. The van der Waals surface area contributed by atoms with Gasteiger partial charge in [-0.2, -0.15) is 0 Å². The van der Waals surface area contributed by atoms with Crippen molar-refractivity contribution in [2.45, 2.75) is 65.6 Å². The maximum absolute atomic E-state index is 12.5. The van der Waals surface area contributed by atoms with E-state index < -0.39 is 17.9 Å². The Hall–Kier alpha value is -2.38. The number of aliphatic carboxylic acids is 1. The van der Waals surface area contributed by atoms with E-state index in [1.165, 1.54) is 0 Å². The number of carbonyl (C=O) groups is 2. The van der Waals surface area contributed by atoms with Gasteiger partial charge in [0, 0.05) is 18.5 Å². The van der Waals surface area contributed by atoms with E-state index in [4.69, 9.17) is 11.6 Å². The largest absolute Gasteiger partial charge is 0.480 e. The molecule has 1 amide bonds. The van der Waals surface area contributed by atoms with Crippen molar-refractivity contribution >= 4 is 23.5 Å². The first-order valence-electron chi connectivity index (χ1n) is 10.3. The lowest BCUT2D eigenvalue weighted by molar-refractivity contribution is -0.140. The molecule has 1 aromatic heterocycles. The number of hydrogen-bond acceptors (Lipinski definition) is 4. The molecule has 3 N–H and O–H groups in total. The van der Waals surface area contributed by atoms with E-state index in [0.717, 1.165) is 30.7 Å². The number of nitrogens with zero attached hydrogens (tertiary/aromatic N) is 2. The van der Waals surface area contributed by atoms with E-state index in [0.29, 0.717) is 29.4 Å². The number of imidazole rings is 1. The van der Waals surface area contributed by atoms with Crippen LogP contribution in [0.1, 0.15) is 67.5 Å². The van der Waals surface area contributed by atoms with E-state index in [-0.39, 0.29) is 12.5 Å². The number of unbranched alkanes of at least 4 members (excludes halogenated alkanes) is 1. The maximum atomic E-state index is 12.5. The van der Waals surface area contributed by atoms with Crippen LogP contribution in [0.15, 0.2) is 24.3 Å². The standard InChI is InChI=1S/C22H30ClN3O4/c1-4-6-7-18-24-20(23)17(13-27)26(18)12-15-8-10-16(11-9-15)21(28)25-19(22(29)30)14(3)5-2/h8-11,14,19,27H,4-7,12-13H2,1-3H3,(H,25,28)(H,29,30)/t14-,19-/m0/s1. The quantitative estimate of drug-likeness (QED) is 0.499. The second-order valence-electron chi connectivity index (χ2n) is 7.49. The van der Waals surface area contributed by atoms with Crippen molar-refractivity contribution < 1.29 is 19.8 Å². The molecule has 0 spiro atoms. The van der Waals surface area contributed by atoms with Crippen LogP contribution in [0.4, 0.5) is 0 Å². The second-order valence-corrected chi connectivity index (χ2v) is 7.84. The highest BCUT2D eigenvalue weighted by atomic mass is 35.5. The lowest BCUT2D eigenvalue weighted by atomic mass is 9.99. The van der Waals surface area contributed by atoms with Crippen molar-refractivity contribution in [1.29, 1.82) is 0 Å². The zero-order valence-corrected chi connectivity index (χ0v) is 18.4. The molecule has 0 aliphatic heterocycles. The topological polar surface area (TPSA) is 104 Å². The highest BCUT2D eigenvalue weighted by Crippen LogP contribution is 2.21. The van der Waals surface area contributed by atoms with Crippen LogP contribution in [0.2, 0.25) is 5.15 Å². The summed E-state index contributed by atoms with van der Waals surface area (Å²) in [4.78, 5) is 28.3. The summed E-state index contributed by atoms with van der Waals surface area (Å²) in [6.07, 6.45) is 3.41. The molecule has 2 rings (SSSR count). The Bertz CT molecular complexity index is 864. The maximum Gasteiger partial charge on any atom is 0.326 e.